The fourth-order valence-corrected chi connectivity index (χ4v) is 3.95. The van der Waals surface area contributed by atoms with Gasteiger partial charge in [-0.05, 0) is 41.1 Å². The monoisotopic (exact) mass is 430 g/mol. The van der Waals surface area contributed by atoms with Gasteiger partial charge in [0, 0.05) is 36.4 Å². The van der Waals surface area contributed by atoms with Crippen LogP contribution in [0.25, 0.3) is 21.2 Å². The van der Waals surface area contributed by atoms with Crippen LogP contribution in [0.2, 0.25) is 5.02 Å². The van der Waals surface area contributed by atoms with Crippen molar-refractivity contribution in [2.24, 2.45) is 5.73 Å². The van der Waals surface area contributed by atoms with Gasteiger partial charge in [0.05, 0.1) is 9.90 Å². The zero-order valence-corrected chi connectivity index (χ0v) is 16.8. The summed E-state index contributed by atoms with van der Waals surface area (Å²) in [5.74, 6) is -0.948. The Morgan fingerprint density at radius 1 is 1.03 bits per heavy atom. The number of benzene rings is 2. The molecule has 0 saturated carbocycles. The predicted octanol–water partition coefficient (Wildman–Crippen LogP) is 5.27. The molecule has 2 aromatic carbocycles. The quantitative estimate of drug-likeness (QED) is 0.409. The molecule has 0 radical (unpaired) electrons. The number of hydrogen-bond donors (Lipinski definition) is 2. The Morgan fingerprint density at radius 2 is 1.90 bits per heavy atom. The first-order chi connectivity index (χ1) is 14.0. The van der Waals surface area contributed by atoms with E-state index in [0.717, 1.165) is 31.9 Å². The highest BCUT2D eigenvalue weighted by atomic mass is 35.5. The van der Waals surface area contributed by atoms with E-state index in [1.54, 1.807) is 12.3 Å². The Bertz CT molecular complexity index is 1160. The summed E-state index contributed by atoms with van der Waals surface area (Å²) >= 11 is 7.19. The first kappa shape index (κ1) is 19.7. The standard InChI is InChI=1S/C21H17ClF2N4S/c22-17-4-1-12(6-18(17)23)5-16(25)10-27-21-28-11-19(29-21)13-2-3-14-9-26-20(24)8-15(14)7-13/h1-4,6-9,11,16H,5,10,25H2,(H,27,28)/t16-/m0/s1. The summed E-state index contributed by atoms with van der Waals surface area (Å²) in [6.07, 6.45) is 3.80. The molecule has 2 heterocycles. The van der Waals surface area contributed by atoms with E-state index in [0.29, 0.717) is 13.0 Å². The van der Waals surface area contributed by atoms with Crippen LogP contribution in [0.15, 0.2) is 54.9 Å². The Balaban J connectivity index is 1.40. The molecular weight excluding hydrogens is 414 g/mol. The average molecular weight is 431 g/mol. The minimum atomic E-state index is -0.504. The van der Waals surface area contributed by atoms with Crippen LogP contribution in [0.4, 0.5) is 13.9 Å². The number of thiazole rings is 1. The van der Waals surface area contributed by atoms with Gasteiger partial charge in [-0.1, -0.05) is 41.1 Å². The third kappa shape index (κ3) is 4.70. The van der Waals surface area contributed by atoms with Crippen molar-refractivity contribution in [2.75, 3.05) is 11.9 Å². The number of halogens is 3. The minimum Gasteiger partial charge on any atom is -0.360 e. The van der Waals surface area contributed by atoms with Crippen LogP contribution in [0, 0.1) is 11.8 Å². The highest BCUT2D eigenvalue weighted by molar-refractivity contribution is 7.18. The molecule has 0 spiro atoms. The van der Waals surface area contributed by atoms with E-state index >= 15 is 0 Å². The van der Waals surface area contributed by atoms with E-state index in [2.05, 4.69) is 15.3 Å². The van der Waals surface area contributed by atoms with Crippen LogP contribution in [0.5, 0.6) is 0 Å². The fourth-order valence-electron chi connectivity index (χ4n) is 3.02. The van der Waals surface area contributed by atoms with Crippen LogP contribution in [0.1, 0.15) is 5.56 Å². The van der Waals surface area contributed by atoms with Crippen molar-refractivity contribution in [1.82, 2.24) is 9.97 Å². The maximum atomic E-state index is 13.5. The van der Waals surface area contributed by atoms with E-state index in [4.69, 9.17) is 17.3 Å². The molecule has 0 bridgehead atoms. The van der Waals surface area contributed by atoms with Gasteiger partial charge in [-0.3, -0.25) is 0 Å². The molecule has 4 aromatic rings. The molecule has 0 amide bonds. The van der Waals surface area contributed by atoms with Gasteiger partial charge >= 0.3 is 0 Å². The van der Waals surface area contributed by atoms with Gasteiger partial charge in [0.1, 0.15) is 5.82 Å². The maximum absolute atomic E-state index is 13.5. The lowest BCUT2D eigenvalue weighted by Gasteiger charge is -2.12. The highest BCUT2D eigenvalue weighted by Gasteiger charge is 2.10. The van der Waals surface area contributed by atoms with Crippen LogP contribution in [-0.2, 0) is 6.42 Å². The molecule has 0 unspecified atom stereocenters. The highest BCUT2D eigenvalue weighted by Crippen LogP contribution is 2.31. The van der Waals surface area contributed by atoms with Crippen molar-refractivity contribution in [2.45, 2.75) is 12.5 Å². The SMILES string of the molecule is N[C@H](CNc1ncc(-c2ccc3cnc(F)cc3c2)s1)Cc1ccc(Cl)c(F)c1. The Hall–Kier alpha value is -2.61. The molecule has 0 fully saturated rings. The summed E-state index contributed by atoms with van der Waals surface area (Å²) < 4.78 is 26.9. The molecule has 3 N–H and O–H groups in total. The molecule has 1 atom stereocenters. The number of pyridine rings is 1. The topological polar surface area (TPSA) is 63.8 Å². The predicted molar refractivity (Wildman–Crippen MR) is 114 cm³/mol. The van der Waals surface area contributed by atoms with Gasteiger partial charge in [0.25, 0.3) is 0 Å². The second-order valence-corrected chi connectivity index (χ2v) is 8.13. The van der Waals surface area contributed by atoms with E-state index in [-0.39, 0.29) is 11.1 Å². The normalized spacial score (nSPS) is 12.3. The van der Waals surface area contributed by atoms with E-state index < -0.39 is 11.8 Å². The van der Waals surface area contributed by atoms with Crippen molar-refractivity contribution in [3.63, 3.8) is 0 Å². The molecule has 29 heavy (non-hydrogen) atoms. The third-order valence-corrected chi connectivity index (χ3v) is 5.79. The second kappa shape index (κ2) is 8.41. The van der Waals surface area contributed by atoms with E-state index in [1.807, 2.05) is 18.2 Å². The van der Waals surface area contributed by atoms with Crippen molar-refractivity contribution in [3.8, 4) is 10.4 Å². The molecule has 0 saturated heterocycles. The molecule has 0 aliphatic heterocycles. The summed E-state index contributed by atoms with van der Waals surface area (Å²) in [5.41, 5.74) is 7.90. The van der Waals surface area contributed by atoms with E-state index in [1.165, 1.54) is 35.7 Å². The number of fused-ring (bicyclic) bond motifs is 1. The number of nitrogens with zero attached hydrogens (tertiary/aromatic N) is 2. The summed E-state index contributed by atoms with van der Waals surface area (Å²) in [6.45, 7) is 0.492. The van der Waals surface area contributed by atoms with Crippen LogP contribution in [0.3, 0.4) is 0 Å². The number of rotatable bonds is 6. The molecule has 148 valence electrons. The van der Waals surface area contributed by atoms with Crippen LogP contribution in [-0.4, -0.2) is 22.6 Å². The summed E-state index contributed by atoms with van der Waals surface area (Å²) in [7, 11) is 0. The average Bonchev–Trinajstić information content (AvgIpc) is 3.18. The smallest absolute Gasteiger partial charge is 0.213 e. The maximum Gasteiger partial charge on any atom is 0.213 e. The Labute approximate surface area is 175 Å². The number of aromatic nitrogens is 2. The second-order valence-electron chi connectivity index (χ2n) is 6.69. The van der Waals surface area contributed by atoms with Gasteiger partial charge in [-0.15, -0.1) is 0 Å². The Kier molecular flexibility index (Phi) is 5.71. The number of hydrogen-bond acceptors (Lipinski definition) is 5. The lowest BCUT2D eigenvalue weighted by Crippen LogP contribution is -2.31. The van der Waals surface area contributed by atoms with Crippen molar-refractivity contribution in [1.29, 1.82) is 0 Å². The first-order valence-electron chi connectivity index (χ1n) is 8.93. The lowest BCUT2D eigenvalue weighted by molar-refractivity contribution is 0.586. The largest absolute Gasteiger partial charge is 0.360 e. The molecule has 2 aromatic heterocycles. The van der Waals surface area contributed by atoms with Crippen molar-refractivity contribution in [3.05, 3.63) is 77.2 Å². The minimum absolute atomic E-state index is 0.100. The van der Waals surface area contributed by atoms with Gasteiger partial charge in [0.2, 0.25) is 5.95 Å². The van der Waals surface area contributed by atoms with Gasteiger partial charge in [0.15, 0.2) is 5.13 Å². The summed E-state index contributed by atoms with van der Waals surface area (Å²) in [5, 5.41) is 5.72. The number of nitrogens with two attached hydrogens (primary N) is 1. The molecule has 0 aliphatic rings. The zero-order valence-electron chi connectivity index (χ0n) is 15.2. The summed E-state index contributed by atoms with van der Waals surface area (Å²) in [4.78, 5) is 9.01. The van der Waals surface area contributed by atoms with Gasteiger partial charge in [-0.2, -0.15) is 4.39 Å². The van der Waals surface area contributed by atoms with Gasteiger partial charge < -0.3 is 11.1 Å². The Morgan fingerprint density at radius 3 is 2.72 bits per heavy atom. The molecule has 8 heteroatoms. The van der Waals surface area contributed by atoms with Crippen LogP contribution < -0.4 is 11.1 Å². The van der Waals surface area contributed by atoms with Crippen molar-refractivity contribution >= 4 is 38.8 Å². The van der Waals surface area contributed by atoms with Crippen molar-refractivity contribution < 1.29 is 8.78 Å². The molecule has 4 rings (SSSR count). The fraction of sp³-hybridized carbons (Fsp3) is 0.143. The molecule has 0 aliphatic carbocycles. The lowest BCUT2D eigenvalue weighted by atomic mass is 10.1. The van der Waals surface area contributed by atoms with E-state index in [9.17, 15) is 8.78 Å². The first-order valence-corrected chi connectivity index (χ1v) is 10.1. The summed E-state index contributed by atoms with van der Waals surface area (Å²) in [6, 6.07) is 11.7. The molecular formula is C21H17ClF2N4S. The molecule has 4 nitrogen and oxygen atoms in total. The number of anilines is 1. The van der Waals surface area contributed by atoms with Crippen LogP contribution >= 0.6 is 22.9 Å². The van der Waals surface area contributed by atoms with Gasteiger partial charge in [-0.25, -0.2) is 14.4 Å². The zero-order chi connectivity index (χ0) is 20.4. The number of nitrogens with one attached hydrogen (secondary N) is 1. The third-order valence-electron chi connectivity index (χ3n) is 4.48.